The highest BCUT2D eigenvalue weighted by Gasteiger charge is 2.22. The highest BCUT2D eigenvalue weighted by Crippen LogP contribution is 2.18. The number of hydrogen-bond acceptors (Lipinski definition) is 4. The number of amides is 2. The van der Waals surface area contributed by atoms with Gasteiger partial charge in [-0.2, -0.15) is 0 Å². The third-order valence-electron chi connectivity index (χ3n) is 5.30. The van der Waals surface area contributed by atoms with Gasteiger partial charge in [-0.15, -0.1) is 0 Å². The van der Waals surface area contributed by atoms with Crippen LogP contribution in [0.4, 0.5) is 5.69 Å². The Morgan fingerprint density at radius 3 is 2.34 bits per heavy atom. The highest BCUT2D eigenvalue weighted by molar-refractivity contribution is 5.93. The zero-order chi connectivity index (χ0) is 20.8. The Hall–Kier alpha value is -2.86. The largest absolute Gasteiger partial charge is 0.368 e. The summed E-state index contributed by atoms with van der Waals surface area (Å²) in [5.74, 6) is 0.0725. The maximum Gasteiger partial charge on any atom is 0.251 e. The molecule has 1 fully saturated rings. The van der Waals surface area contributed by atoms with Crippen molar-refractivity contribution in [1.82, 2.24) is 15.1 Å². The molecule has 1 saturated heterocycles. The van der Waals surface area contributed by atoms with Gasteiger partial charge >= 0.3 is 0 Å². The van der Waals surface area contributed by atoms with Crippen LogP contribution < -0.4 is 10.2 Å². The van der Waals surface area contributed by atoms with Crippen LogP contribution >= 0.6 is 0 Å². The van der Waals surface area contributed by atoms with Crippen LogP contribution in [-0.4, -0.2) is 68.4 Å². The van der Waals surface area contributed by atoms with Crippen molar-refractivity contribution in [3.63, 3.8) is 0 Å². The van der Waals surface area contributed by atoms with Crippen LogP contribution in [-0.2, 0) is 11.3 Å². The SMILES string of the molecule is CNC(=O)c1ccc(CN(C)CC(=O)N2CCN(c3cccc(C)c3)CC2)cc1. The van der Waals surface area contributed by atoms with E-state index >= 15 is 0 Å². The summed E-state index contributed by atoms with van der Waals surface area (Å²) in [6.07, 6.45) is 0. The van der Waals surface area contributed by atoms with Gasteiger partial charge in [-0.05, 0) is 49.4 Å². The van der Waals surface area contributed by atoms with Gasteiger partial charge in [-0.1, -0.05) is 24.3 Å². The molecule has 29 heavy (non-hydrogen) atoms. The monoisotopic (exact) mass is 394 g/mol. The lowest BCUT2D eigenvalue weighted by molar-refractivity contribution is -0.132. The molecule has 1 heterocycles. The van der Waals surface area contributed by atoms with Crippen molar-refractivity contribution < 1.29 is 9.59 Å². The number of nitrogens with one attached hydrogen (secondary N) is 1. The first-order valence-corrected chi connectivity index (χ1v) is 10.0. The quantitative estimate of drug-likeness (QED) is 0.816. The molecule has 1 aliphatic heterocycles. The molecule has 0 bridgehead atoms. The summed E-state index contributed by atoms with van der Waals surface area (Å²) in [5, 5.41) is 2.62. The Kier molecular flexibility index (Phi) is 6.88. The lowest BCUT2D eigenvalue weighted by Gasteiger charge is -2.37. The Bertz CT molecular complexity index is 842. The molecule has 6 heteroatoms. The molecule has 6 nitrogen and oxygen atoms in total. The van der Waals surface area contributed by atoms with Crippen LogP contribution in [0, 0.1) is 6.92 Å². The molecule has 0 aliphatic carbocycles. The second-order valence-electron chi connectivity index (χ2n) is 7.66. The minimum absolute atomic E-state index is 0.0927. The molecule has 0 atom stereocenters. The minimum Gasteiger partial charge on any atom is -0.368 e. The number of nitrogens with zero attached hydrogens (tertiary/aromatic N) is 3. The third-order valence-corrected chi connectivity index (χ3v) is 5.30. The molecule has 0 radical (unpaired) electrons. The van der Waals surface area contributed by atoms with Gasteiger partial charge in [0.1, 0.15) is 0 Å². The summed E-state index contributed by atoms with van der Waals surface area (Å²) < 4.78 is 0. The van der Waals surface area contributed by atoms with E-state index in [1.165, 1.54) is 11.3 Å². The summed E-state index contributed by atoms with van der Waals surface area (Å²) >= 11 is 0. The maximum absolute atomic E-state index is 12.7. The number of carbonyl (C=O) groups is 2. The van der Waals surface area contributed by atoms with Crippen LogP contribution in [0.2, 0.25) is 0 Å². The van der Waals surface area contributed by atoms with E-state index in [0.717, 1.165) is 31.7 Å². The molecular weight excluding hydrogens is 364 g/mol. The van der Waals surface area contributed by atoms with Crippen molar-refractivity contribution in [1.29, 1.82) is 0 Å². The molecule has 0 saturated carbocycles. The van der Waals surface area contributed by atoms with E-state index in [1.807, 2.05) is 41.1 Å². The molecule has 0 unspecified atom stereocenters. The number of likely N-dealkylation sites (N-methyl/N-ethyl adjacent to an activating group) is 1. The first kappa shape index (κ1) is 20.9. The van der Waals surface area contributed by atoms with E-state index < -0.39 is 0 Å². The van der Waals surface area contributed by atoms with Gasteiger partial charge in [0.15, 0.2) is 0 Å². The topological polar surface area (TPSA) is 55.9 Å². The van der Waals surface area contributed by atoms with Gasteiger partial charge in [0.05, 0.1) is 6.54 Å². The molecule has 3 rings (SSSR count). The summed E-state index contributed by atoms with van der Waals surface area (Å²) in [7, 11) is 3.57. The maximum atomic E-state index is 12.7. The predicted octanol–water partition coefficient (Wildman–Crippen LogP) is 2.14. The Morgan fingerprint density at radius 1 is 1.03 bits per heavy atom. The van der Waals surface area contributed by atoms with Crippen LogP contribution in [0.5, 0.6) is 0 Å². The Labute approximate surface area is 173 Å². The fourth-order valence-corrected chi connectivity index (χ4v) is 3.64. The number of rotatable bonds is 6. The van der Waals surface area contributed by atoms with Crippen molar-refractivity contribution in [3.05, 3.63) is 65.2 Å². The van der Waals surface area contributed by atoms with Gasteiger partial charge in [0.2, 0.25) is 5.91 Å². The first-order chi connectivity index (χ1) is 14.0. The van der Waals surface area contributed by atoms with Crippen LogP contribution in [0.3, 0.4) is 0 Å². The number of carbonyl (C=O) groups excluding carboxylic acids is 2. The van der Waals surface area contributed by atoms with Crippen molar-refractivity contribution in [2.24, 2.45) is 0 Å². The van der Waals surface area contributed by atoms with Crippen molar-refractivity contribution in [2.75, 3.05) is 51.7 Å². The molecule has 154 valence electrons. The molecule has 1 aliphatic rings. The first-order valence-electron chi connectivity index (χ1n) is 10.0. The van der Waals surface area contributed by atoms with E-state index in [1.54, 1.807) is 7.05 Å². The van der Waals surface area contributed by atoms with E-state index in [9.17, 15) is 9.59 Å². The molecular formula is C23H30N4O2. The second kappa shape index (κ2) is 9.56. The number of benzene rings is 2. The minimum atomic E-state index is -0.0927. The Balaban J connectivity index is 1.47. The standard InChI is InChI=1S/C23H30N4O2/c1-18-5-4-6-21(15-18)26-11-13-27(14-12-26)22(28)17-25(3)16-19-7-9-20(10-8-19)23(29)24-2/h4-10,15H,11-14,16-17H2,1-3H3,(H,24,29). The van der Waals surface area contributed by atoms with Gasteiger partial charge in [-0.3, -0.25) is 14.5 Å². The van der Waals surface area contributed by atoms with E-state index in [2.05, 4.69) is 41.4 Å². The van der Waals surface area contributed by atoms with Gasteiger partial charge < -0.3 is 15.1 Å². The normalized spacial score (nSPS) is 14.2. The van der Waals surface area contributed by atoms with Crippen LogP contribution in [0.1, 0.15) is 21.5 Å². The molecule has 2 aromatic carbocycles. The summed E-state index contributed by atoms with van der Waals surface area (Å²) in [6.45, 7) is 6.39. The zero-order valence-electron chi connectivity index (χ0n) is 17.5. The van der Waals surface area contributed by atoms with Crippen molar-refractivity contribution >= 4 is 17.5 Å². The lowest BCUT2D eigenvalue weighted by Crippen LogP contribution is -2.51. The van der Waals surface area contributed by atoms with Gasteiger partial charge in [0.25, 0.3) is 5.91 Å². The average Bonchev–Trinajstić information content (AvgIpc) is 2.73. The van der Waals surface area contributed by atoms with Crippen LogP contribution in [0.15, 0.2) is 48.5 Å². The molecule has 0 spiro atoms. The summed E-state index contributed by atoms with van der Waals surface area (Å²) in [5.41, 5.74) is 4.21. The second-order valence-corrected chi connectivity index (χ2v) is 7.66. The average molecular weight is 395 g/mol. The molecule has 1 N–H and O–H groups in total. The summed E-state index contributed by atoms with van der Waals surface area (Å²) in [4.78, 5) is 30.6. The molecule has 2 aromatic rings. The Morgan fingerprint density at radius 2 is 1.72 bits per heavy atom. The van der Waals surface area contributed by atoms with Gasteiger partial charge in [-0.25, -0.2) is 0 Å². The predicted molar refractivity (Wildman–Crippen MR) is 116 cm³/mol. The number of aryl methyl sites for hydroxylation is 1. The van der Waals surface area contributed by atoms with Crippen molar-refractivity contribution in [3.8, 4) is 0 Å². The van der Waals surface area contributed by atoms with E-state index in [0.29, 0.717) is 18.7 Å². The van der Waals surface area contributed by atoms with E-state index in [4.69, 9.17) is 0 Å². The zero-order valence-corrected chi connectivity index (χ0v) is 17.5. The smallest absolute Gasteiger partial charge is 0.251 e. The van der Waals surface area contributed by atoms with Gasteiger partial charge in [0, 0.05) is 51.0 Å². The number of hydrogen-bond donors (Lipinski definition) is 1. The van der Waals surface area contributed by atoms with E-state index in [-0.39, 0.29) is 11.8 Å². The number of piperazine rings is 1. The third kappa shape index (κ3) is 5.57. The molecule has 2 amide bonds. The highest BCUT2D eigenvalue weighted by atomic mass is 16.2. The lowest BCUT2D eigenvalue weighted by atomic mass is 10.1. The van der Waals surface area contributed by atoms with Crippen LogP contribution in [0.25, 0.3) is 0 Å². The fourth-order valence-electron chi connectivity index (χ4n) is 3.64. The fraction of sp³-hybridized carbons (Fsp3) is 0.391. The number of anilines is 1. The molecule has 0 aromatic heterocycles. The summed E-state index contributed by atoms with van der Waals surface area (Å²) in [6, 6.07) is 16.0. The van der Waals surface area contributed by atoms with Crippen molar-refractivity contribution in [2.45, 2.75) is 13.5 Å².